The van der Waals surface area contributed by atoms with E-state index in [1.165, 1.54) is 0 Å². The molecule has 2 aromatic carbocycles. The molecule has 0 bridgehead atoms. The summed E-state index contributed by atoms with van der Waals surface area (Å²) in [4.78, 5) is 17.1. The van der Waals surface area contributed by atoms with E-state index < -0.39 is 5.97 Å². The van der Waals surface area contributed by atoms with E-state index in [0.717, 1.165) is 75.5 Å². The average molecular weight is 567 g/mol. The van der Waals surface area contributed by atoms with Crippen molar-refractivity contribution >= 4 is 33.3 Å². The maximum atomic E-state index is 10.7. The molecule has 0 amide bonds. The van der Waals surface area contributed by atoms with Crippen LogP contribution in [0.15, 0.2) is 64.1 Å². The highest BCUT2D eigenvalue weighted by Gasteiger charge is 2.18. The third-order valence-electron chi connectivity index (χ3n) is 6.24. The highest BCUT2D eigenvalue weighted by atomic mass is 79.9. The number of halogens is 1. The van der Waals surface area contributed by atoms with Crippen LogP contribution in [0.3, 0.4) is 0 Å². The molecule has 0 fully saturated rings. The van der Waals surface area contributed by atoms with Crippen molar-refractivity contribution in [3.05, 3.63) is 76.6 Å². The fourth-order valence-corrected chi connectivity index (χ4v) is 5.00. The Labute approximate surface area is 225 Å². The van der Waals surface area contributed by atoms with Crippen molar-refractivity contribution in [1.82, 2.24) is 14.7 Å². The van der Waals surface area contributed by atoms with Crippen LogP contribution in [0.2, 0.25) is 0 Å². The van der Waals surface area contributed by atoms with Crippen LogP contribution < -0.4 is 4.90 Å². The molecule has 0 aliphatic heterocycles. The van der Waals surface area contributed by atoms with E-state index in [4.69, 9.17) is 14.4 Å². The lowest BCUT2D eigenvalue weighted by Crippen LogP contribution is -2.20. The number of carboxylic acid groups (broad SMARTS) is 1. The first-order valence-electron chi connectivity index (χ1n) is 12.2. The Bertz CT molecular complexity index is 1330. The Kier molecular flexibility index (Phi) is 8.78. The van der Waals surface area contributed by atoms with E-state index in [1.807, 2.05) is 24.6 Å². The number of aliphatic carboxylic acids is 1. The Balaban J connectivity index is 1.62. The number of hydrogen-bond acceptors (Lipinski definition) is 6. The summed E-state index contributed by atoms with van der Waals surface area (Å²) in [6.45, 7) is 7.00. The summed E-state index contributed by atoms with van der Waals surface area (Å²) in [5.74, 6) is -0.141. The normalized spacial score (nSPS) is 11.1. The van der Waals surface area contributed by atoms with E-state index >= 15 is 0 Å². The van der Waals surface area contributed by atoms with Crippen molar-refractivity contribution < 1.29 is 19.2 Å². The number of anilines is 2. The molecular formula is C28H31BrN4O4. The van der Waals surface area contributed by atoms with Crippen LogP contribution in [-0.4, -0.2) is 45.5 Å². The van der Waals surface area contributed by atoms with Gasteiger partial charge in [-0.25, -0.2) is 9.78 Å². The van der Waals surface area contributed by atoms with Crippen LogP contribution in [0.5, 0.6) is 0 Å². The van der Waals surface area contributed by atoms with Gasteiger partial charge in [0, 0.05) is 47.0 Å². The fraction of sp³-hybridized carbons (Fsp3) is 0.321. The maximum absolute atomic E-state index is 10.7. The maximum Gasteiger partial charge on any atom is 0.329 e. The van der Waals surface area contributed by atoms with E-state index in [-0.39, 0.29) is 6.61 Å². The Morgan fingerprint density at radius 1 is 1.14 bits per heavy atom. The van der Waals surface area contributed by atoms with E-state index in [1.54, 1.807) is 12.5 Å². The summed E-state index contributed by atoms with van der Waals surface area (Å²) in [6, 6.07) is 12.8. The van der Waals surface area contributed by atoms with Gasteiger partial charge in [-0.1, -0.05) is 17.3 Å². The summed E-state index contributed by atoms with van der Waals surface area (Å²) < 4.78 is 13.6. The second kappa shape index (κ2) is 12.2. The second-order valence-corrected chi connectivity index (χ2v) is 9.82. The van der Waals surface area contributed by atoms with Crippen LogP contribution in [-0.2, 0) is 9.53 Å². The summed E-state index contributed by atoms with van der Waals surface area (Å²) in [5.41, 5.74) is 7.31. The molecule has 0 saturated carbocycles. The highest BCUT2D eigenvalue weighted by Crippen LogP contribution is 2.37. The molecule has 2 heterocycles. The molecule has 0 saturated heterocycles. The van der Waals surface area contributed by atoms with Gasteiger partial charge in [-0.05, 0) is 91.4 Å². The molecule has 0 unspecified atom stereocenters. The largest absolute Gasteiger partial charge is 0.480 e. The molecule has 4 aromatic rings. The predicted molar refractivity (Wildman–Crippen MR) is 147 cm³/mol. The van der Waals surface area contributed by atoms with E-state index in [0.29, 0.717) is 6.61 Å². The predicted octanol–water partition coefficient (Wildman–Crippen LogP) is 6.62. The van der Waals surface area contributed by atoms with Gasteiger partial charge >= 0.3 is 5.97 Å². The Hall–Kier alpha value is -3.43. The molecule has 4 rings (SSSR count). The molecule has 0 radical (unpaired) electrons. The summed E-state index contributed by atoms with van der Waals surface area (Å²) in [5, 5.41) is 12.9. The van der Waals surface area contributed by atoms with E-state index in [9.17, 15) is 4.79 Å². The molecule has 194 valence electrons. The molecule has 0 aliphatic carbocycles. The first-order chi connectivity index (χ1) is 17.8. The smallest absolute Gasteiger partial charge is 0.329 e. The zero-order valence-electron chi connectivity index (χ0n) is 21.3. The Morgan fingerprint density at radius 2 is 1.97 bits per heavy atom. The van der Waals surface area contributed by atoms with Crippen molar-refractivity contribution in [2.45, 2.75) is 40.0 Å². The van der Waals surface area contributed by atoms with Gasteiger partial charge in [0.1, 0.15) is 12.4 Å². The van der Waals surface area contributed by atoms with Gasteiger partial charge in [0.2, 0.25) is 0 Å². The van der Waals surface area contributed by atoms with Crippen LogP contribution in [0, 0.1) is 20.8 Å². The number of carboxylic acids is 1. The van der Waals surface area contributed by atoms with Gasteiger partial charge in [0.15, 0.2) is 0 Å². The van der Waals surface area contributed by atoms with Crippen molar-refractivity contribution in [3.8, 4) is 16.8 Å². The molecule has 37 heavy (non-hydrogen) atoms. The number of ether oxygens (including phenoxy) is 1. The summed E-state index contributed by atoms with van der Waals surface area (Å²) in [7, 11) is 0. The molecule has 0 aliphatic rings. The summed E-state index contributed by atoms with van der Waals surface area (Å²) >= 11 is 3.75. The van der Waals surface area contributed by atoms with Gasteiger partial charge in [-0.3, -0.25) is 0 Å². The number of nitrogens with zero attached hydrogens (tertiary/aromatic N) is 4. The Morgan fingerprint density at radius 3 is 2.65 bits per heavy atom. The molecule has 2 aromatic heterocycles. The van der Waals surface area contributed by atoms with Gasteiger partial charge in [0.05, 0.1) is 17.7 Å². The second-order valence-electron chi connectivity index (χ2n) is 8.96. The number of rotatable bonds is 12. The molecule has 9 heteroatoms. The lowest BCUT2D eigenvalue weighted by Gasteiger charge is -2.28. The van der Waals surface area contributed by atoms with Gasteiger partial charge in [0.25, 0.3) is 0 Å². The third kappa shape index (κ3) is 6.47. The molecule has 8 nitrogen and oxygen atoms in total. The van der Waals surface area contributed by atoms with Crippen LogP contribution in [0.4, 0.5) is 11.4 Å². The fourth-order valence-electron chi connectivity index (χ4n) is 4.42. The third-order valence-corrected chi connectivity index (χ3v) is 6.88. The number of carbonyl (C=O) groups is 1. The standard InChI is InChI=1S/C28H31BrN4O4/c1-19-7-8-22(28-20(2)31-37-21(28)3)15-26(19)33(12-5-4-6-14-36-17-27(34)35)23-9-10-25(24(29)16-23)32-13-11-30-18-32/h7-11,13,15-16,18H,4-6,12,14,17H2,1-3H3,(H,34,35). The zero-order chi connectivity index (χ0) is 26.4. The monoisotopic (exact) mass is 566 g/mol. The minimum atomic E-state index is -0.940. The number of unbranched alkanes of at least 4 members (excludes halogenated alkanes) is 2. The number of aromatic nitrogens is 3. The van der Waals surface area contributed by atoms with Crippen molar-refractivity contribution in [2.75, 3.05) is 24.7 Å². The average Bonchev–Trinajstić information content (AvgIpc) is 3.51. The van der Waals surface area contributed by atoms with E-state index in [2.05, 4.69) is 74.3 Å². The van der Waals surface area contributed by atoms with Crippen LogP contribution >= 0.6 is 15.9 Å². The molecule has 0 atom stereocenters. The highest BCUT2D eigenvalue weighted by molar-refractivity contribution is 9.10. The van der Waals surface area contributed by atoms with Crippen molar-refractivity contribution in [1.29, 1.82) is 0 Å². The van der Waals surface area contributed by atoms with Gasteiger partial charge in [-0.15, -0.1) is 0 Å². The van der Waals surface area contributed by atoms with Crippen molar-refractivity contribution in [2.24, 2.45) is 0 Å². The van der Waals surface area contributed by atoms with Crippen LogP contribution in [0.1, 0.15) is 36.3 Å². The van der Waals surface area contributed by atoms with Crippen LogP contribution in [0.25, 0.3) is 16.8 Å². The van der Waals surface area contributed by atoms with Crippen molar-refractivity contribution in [3.63, 3.8) is 0 Å². The molecule has 1 N–H and O–H groups in total. The first kappa shape index (κ1) is 26.6. The van der Waals surface area contributed by atoms with Gasteiger partial charge < -0.3 is 23.8 Å². The lowest BCUT2D eigenvalue weighted by atomic mass is 10.0. The number of aryl methyl sites for hydroxylation is 3. The SMILES string of the molecule is Cc1ccc(-c2c(C)noc2C)cc1N(CCCCCOCC(=O)O)c1ccc(-n2ccnc2)c(Br)c1. The number of imidazole rings is 1. The lowest BCUT2D eigenvalue weighted by molar-refractivity contribution is -0.142. The topological polar surface area (TPSA) is 93.6 Å². The van der Waals surface area contributed by atoms with Gasteiger partial charge in [-0.2, -0.15) is 0 Å². The quantitative estimate of drug-likeness (QED) is 0.192. The minimum Gasteiger partial charge on any atom is -0.480 e. The zero-order valence-corrected chi connectivity index (χ0v) is 22.9. The molecular weight excluding hydrogens is 536 g/mol. The molecule has 0 spiro atoms. The summed E-state index contributed by atoms with van der Waals surface area (Å²) in [6.07, 6.45) is 8.11. The number of hydrogen-bond donors (Lipinski definition) is 1. The minimum absolute atomic E-state index is 0.253. The first-order valence-corrected chi connectivity index (χ1v) is 13.0. The number of benzene rings is 2.